The third-order valence-corrected chi connectivity index (χ3v) is 3.42. The molecule has 2 aromatic rings. The average Bonchev–Trinajstić information content (AvgIpc) is 2.98. The SMILES string of the molecule is Cn1nccc1NC(=O)C1CCn2cncc2C1. The van der Waals surface area contributed by atoms with Gasteiger partial charge in [0.25, 0.3) is 0 Å². The third kappa shape index (κ3) is 1.90. The van der Waals surface area contributed by atoms with E-state index in [-0.39, 0.29) is 11.8 Å². The Morgan fingerprint density at radius 2 is 2.44 bits per heavy atom. The third-order valence-electron chi connectivity index (χ3n) is 3.42. The molecule has 1 N–H and O–H groups in total. The van der Waals surface area contributed by atoms with Crippen molar-refractivity contribution in [1.29, 1.82) is 0 Å². The van der Waals surface area contributed by atoms with Crippen LogP contribution in [0.25, 0.3) is 0 Å². The molecule has 0 aliphatic carbocycles. The normalized spacial score (nSPS) is 18.4. The second kappa shape index (κ2) is 4.29. The van der Waals surface area contributed by atoms with Crippen molar-refractivity contribution in [2.24, 2.45) is 13.0 Å². The van der Waals surface area contributed by atoms with E-state index < -0.39 is 0 Å². The van der Waals surface area contributed by atoms with E-state index in [0.717, 1.165) is 30.9 Å². The van der Waals surface area contributed by atoms with Gasteiger partial charge in [0.05, 0.1) is 12.5 Å². The summed E-state index contributed by atoms with van der Waals surface area (Å²) in [5.74, 6) is 0.814. The highest BCUT2D eigenvalue weighted by Crippen LogP contribution is 2.21. The van der Waals surface area contributed by atoms with Gasteiger partial charge in [-0.3, -0.25) is 9.48 Å². The zero-order valence-electron chi connectivity index (χ0n) is 10.2. The maximum absolute atomic E-state index is 12.2. The minimum absolute atomic E-state index is 0.0177. The predicted octanol–water partition coefficient (Wildman–Crippen LogP) is 0.818. The van der Waals surface area contributed by atoms with E-state index in [1.165, 1.54) is 0 Å². The highest BCUT2D eigenvalue weighted by Gasteiger charge is 2.25. The number of hydrogen-bond donors (Lipinski definition) is 1. The summed E-state index contributed by atoms with van der Waals surface area (Å²) in [6.07, 6.45) is 6.94. The monoisotopic (exact) mass is 245 g/mol. The molecule has 0 aromatic carbocycles. The lowest BCUT2D eigenvalue weighted by atomic mass is 9.95. The number of amides is 1. The maximum atomic E-state index is 12.2. The van der Waals surface area contributed by atoms with Gasteiger partial charge in [0.2, 0.25) is 5.91 Å². The molecule has 3 rings (SSSR count). The highest BCUT2D eigenvalue weighted by molar-refractivity contribution is 5.91. The topological polar surface area (TPSA) is 64.7 Å². The summed E-state index contributed by atoms with van der Waals surface area (Å²) in [7, 11) is 1.81. The van der Waals surface area contributed by atoms with Gasteiger partial charge in [-0.2, -0.15) is 5.10 Å². The number of nitrogens with one attached hydrogen (secondary N) is 1. The first-order valence-electron chi connectivity index (χ1n) is 6.02. The molecule has 0 radical (unpaired) electrons. The van der Waals surface area contributed by atoms with Gasteiger partial charge < -0.3 is 9.88 Å². The van der Waals surface area contributed by atoms with Crippen LogP contribution in [0.2, 0.25) is 0 Å². The lowest BCUT2D eigenvalue weighted by molar-refractivity contribution is -0.120. The van der Waals surface area contributed by atoms with E-state index >= 15 is 0 Å². The van der Waals surface area contributed by atoms with Crippen molar-refractivity contribution >= 4 is 11.7 Å². The van der Waals surface area contributed by atoms with Crippen LogP contribution >= 0.6 is 0 Å². The molecular formula is C12H15N5O. The second-order valence-electron chi connectivity index (χ2n) is 4.60. The summed E-state index contributed by atoms with van der Waals surface area (Å²) in [5, 5.41) is 6.95. The smallest absolute Gasteiger partial charge is 0.229 e. The predicted molar refractivity (Wildman–Crippen MR) is 65.9 cm³/mol. The average molecular weight is 245 g/mol. The lowest BCUT2D eigenvalue weighted by Crippen LogP contribution is -2.30. The number of fused-ring (bicyclic) bond motifs is 1. The Bertz CT molecular complexity index is 571. The van der Waals surface area contributed by atoms with Crippen molar-refractivity contribution in [2.45, 2.75) is 19.4 Å². The number of imidazole rings is 1. The molecule has 0 bridgehead atoms. The number of nitrogens with zero attached hydrogens (tertiary/aromatic N) is 4. The fourth-order valence-electron chi connectivity index (χ4n) is 2.32. The molecule has 6 heteroatoms. The molecule has 1 amide bonds. The Hall–Kier alpha value is -2.11. The highest BCUT2D eigenvalue weighted by atomic mass is 16.2. The molecule has 0 saturated carbocycles. The fraction of sp³-hybridized carbons (Fsp3) is 0.417. The summed E-state index contributed by atoms with van der Waals surface area (Å²) in [4.78, 5) is 16.3. The van der Waals surface area contributed by atoms with Crippen molar-refractivity contribution < 1.29 is 4.79 Å². The van der Waals surface area contributed by atoms with E-state index in [2.05, 4.69) is 20.0 Å². The first-order valence-corrected chi connectivity index (χ1v) is 6.02. The van der Waals surface area contributed by atoms with Crippen LogP contribution in [0.5, 0.6) is 0 Å². The Balaban J connectivity index is 1.70. The van der Waals surface area contributed by atoms with Gasteiger partial charge in [-0.15, -0.1) is 0 Å². The number of aromatic nitrogens is 4. The maximum Gasteiger partial charge on any atom is 0.229 e. The first kappa shape index (κ1) is 11.0. The summed E-state index contributed by atoms with van der Waals surface area (Å²) >= 11 is 0. The van der Waals surface area contributed by atoms with Crippen LogP contribution in [0.1, 0.15) is 12.1 Å². The minimum atomic E-state index is 0.0177. The van der Waals surface area contributed by atoms with Gasteiger partial charge in [-0.25, -0.2) is 4.98 Å². The van der Waals surface area contributed by atoms with Gasteiger partial charge in [-0.1, -0.05) is 0 Å². The number of hydrogen-bond acceptors (Lipinski definition) is 3. The minimum Gasteiger partial charge on any atom is -0.335 e. The summed E-state index contributed by atoms with van der Waals surface area (Å²) in [6, 6.07) is 1.80. The van der Waals surface area contributed by atoms with Crippen LogP contribution in [0, 0.1) is 5.92 Å². The van der Waals surface area contributed by atoms with Gasteiger partial charge in [0, 0.05) is 43.9 Å². The Morgan fingerprint density at radius 3 is 3.22 bits per heavy atom. The molecule has 6 nitrogen and oxygen atoms in total. The summed E-state index contributed by atoms with van der Waals surface area (Å²) in [5.41, 5.74) is 1.13. The van der Waals surface area contributed by atoms with E-state index in [9.17, 15) is 4.79 Å². The van der Waals surface area contributed by atoms with Crippen molar-refractivity contribution in [1.82, 2.24) is 19.3 Å². The molecule has 1 atom stereocenters. The van der Waals surface area contributed by atoms with Crippen LogP contribution in [-0.4, -0.2) is 25.2 Å². The molecule has 18 heavy (non-hydrogen) atoms. The Kier molecular flexibility index (Phi) is 2.62. The fourth-order valence-corrected chi connectivity index (χ4v) is 2.32. The number of carbonyl (C=O) groups is 1. The van der Waals surface area contributed by atoms with Gasteiger partial charge >= 0.3 is 0 Å². The number of anilines is 1. The van der Waals surface area contributed by atoms with Crippen molar-refractivity contribution in [3.05, 3.63) is 30.5 Å². The van der Waals surface area contributed by atoms with E-state index in [0.29, 0.717) is 0 Å². The molecule has 1 aliphatic heterocycles. The standard InChI is InChI=1S/C12H15N5O/c1-16-11(2-4-14-16)15-12(18)9-3-5-17-8-13-7-10(17)6-9/h2,4,7-9H,3,5-6H2,1H3,(H,15,18). The lowest BCUT2D eigenvalue weighted by Gasteiger charge is -2.22. The van der Waals surface area contributed by atoms with Crippen molar-refractivity contribution in [2.75, 3.05) is 5.32 Å². The van der Waals surface area contributed by atoms with Gasteiger partial charge in [-0.05, 0) is 6.42 Å². The first-order chi connectivity index (χ1) is 8.74. The van der Waals surface area contributed by atoms with E-state index in [4.69, 9.17) is 0 Å². The summed E-state index contributed by atoms with van der Waals surface area (Å²) < 4.78 is 3.76. The molecule has 1 unspecified atom stereocenters. The molecule has 3 heterocycles. The van der Waals surface area contributed by atoms with Crippen molar-refractivity contribution in [3.8, 4) is 0 Å². The molecule has 2 aromatic heterocycles. The molecule has 0 fully saturated rings. The Morgan fingerprint density at radius 1 is 1.56 bits per heavy atom. The molecule has 1 aliphatic rings. The van der Waals surface area contributed by atoms with Crippen molar-refractivity contribution in [3.63, 3.8) is 0 Å². The molecule has 94 valence electrons. The number of rotatable bonds is 2. The van der Waals surface area contributed by atoms with Gasteiger partial charge in [0.15, 0.2) is 0 Å². The largest absolute Gasteiger partial charge is 0.335 e. The number of carbonyl (C=O) groups excluding carboxylic acids is 1. The molecule has 0 saturated heterocycles. The number of aryl methyl sites for hydroxylation is 2. The van der Waals surface area contributed by atoms with Crippen LogP contribution in [0.15, 0.2) is 24.8 Å². The van der Waals surface area contributed by atoms with Crippen LogP contribution in [0.3, 0.4) is 0 Å². The van der Waals surface area contributed by atoms with Crippen LogP contribution in [0.4, 0.5) is 5.82 Å². The Labute approximate surface area is 105 Å². The van der Waals surface area contributed by atoms with E-state index in [1.54, 1.807) is 16.9 Å². The van der Waals surface area contributed by atoms with E-state index in [1.807, 2.05) is 19.6 Å². The molecular weight excluding hydrogens is 230 g/mol. The van der Waals surface area contributed by atoms with Crippen LogP contribution < -0.4 is 5.32 Å². The zero-order valence-corrected chi connectivity index (χ0v) is 10.2. The second-order valence-corrected chi connectivity index (χ2v) is 4.60. The zero-order chi connectivity index (χ0) is 12.5. The van der Waals surface area contributed by atoms with Gasteiger partial charge in [0.1, 0.15) is 5.82 Å². The molecule has 0 spiro atoms. The van der Waals surface area contributed by atoms with Crippen LogP contribution in [-0.2, 0) is 24.8 Å². The summed E-state index contributed by atoms with van der Waals surface area (Å²) in [6.45, 7) is 0.860. The quantitative estimate of drug-likeness (QED) is 0.851.